The van der Waals surface area contributed by atoms with Crippen LogP contribution in [0.5, 0.6) is 0 Å². The van der Waals surface area contributed by atoms with Crippen molar-refractivity contribution in [1.82, 2.24) is 15.6 Å². The molecule has 1 amide bonds. The number of hydrogen-bond acceptors (Lipinski definition) is 4. The van der Waals surface area contributed by atoms with Crippen LogP contribution >= 0.6 is 0 Å². The topological polar surface area (TPSA) is 72.9 Å². The molecule has 0 unspecified atom stereocenters. The number of fused-ring (bicyclic) bond motifs is 1. The Morgan fingerprint density at radius 3 is 2.72 bits per heavy atom. The molecule has 32 heavy (non-hydrogen) atoms. The second kappa shape index (κ2) is 11.0. The summed E-state index contributed by atoms with van der Waals surface area (Å²) in [6, 6.07) is 14.7. The van der Waals surface area contributed by atoms with Crippen LogP contribution in [0.4, 0.5) is 11.5 Å². The van der Waals surface area contributed by atoms with Crippen LogP contribution in [-0.4, -0.2) is 55.6 Å². The summed E-state index contributed by atoms with van der Waals surface area (Å²) in [5.41, 5.74) is 2.35. The van der Waals surface area contributed by atoms with Crippen molar-refractivity contribution in [2.75, 3.05) is 42.5 Å². The summed E-state index contributed by atoms with van der Waals surface area (Å²) in [4.78, 5) is 26.1. The van der Waals surface area contributed by atoms with Crippen LogP contribution in [0.1, 0.15) is 38.2 Å². The minimum absolute atomic E-state index is 0.199. The number of carbonyl (C=O) groups excluding carboxylic acids is 1. The van der Waals surface area contributed by atoms with E-state index in [0.717, 1.165) is 69.3 Å². The second-order valence-electron chi connectivity index (χ2n) is 8.38. The van der Waals surface area contributed by atoms with E-state index in [1.807, 2.05) is 41.4 Å². The number of pyridine rings is 1. The predicted octanol–water partition coefficient (Wildman–Crippen LogP) is 2.98. The number of guanidine groups is 1. The molecule has 2 aromatic rings. The Balaban J connectivity index is 1.22. The number of hydrogen-bond donors (Lipinski definition) is 2. The number of rotatable bonds is 7. The van der Waals surface area contributed by atoms with Crippen LogP contribution in [0.2, 0.25) is 0 Å². The van der Waals surface area contributed by atoms with Gasteiger partial charge in [0.25, 0.3) is 0 Å². The summed E-state index contributed by atoms with van der Waals surface area (Å²) in [6.45, 7) is 6.31. The van der Waals surface area contributed by atoms with Crippen molar-refractivity contribution in [1.29, 1.82) is 0 Å². The van der Waals surface area contributed by atoms with Crippen molar-refractivity contribution < 1.29 is 4.79 Å². The third kappa shape index (κ3) is 5.58. The fourth-order valence-electron chi connectivity index (χ4n) is 4.46. The highest BCUT2D eigenvalue weighted by atomic mass is 16.2. The number of anilines is 2. The first-order valence-corrected chi connectivity index (χ1v) is 11.8. The lowest BCUT2D eigenvalue weighted by molar-refractivity contribution is -0.118. The Bertz CT molecular complexity index is 908. The highest BCUT2D eigenvalue weighted by Gasteiger charge is 2.23. The van der Waals surface area contributed by atoms with Crippen LogP contribution in [0.15, 0.2) is 53.7 Å². The molecule has 0 spiro atoms. The summed E-state index contributed by atoms with van der Waals surface area (Å²) in [7, 11) is 0. The van der Waals surface area contributed by atoms with E-state index in [4.69, 9.17) is 4.99 Å². The maximum absolute atomic E-state index is 12.7. The van der Waals surface area contributed by atoms with Crippen molar-refractivity contribution >= 4 is 23.4 Å². The smallest absolute Gasteiger partial charge is 0.227 e. The molecule has 2 aliphatic rings. The number of benzene rings is 1. The Hall–Kier alpha value is -3.09. The molecule has 0 bridgehead atoms. The molecule has 4 rings (SSSR count). The SMILES string of the molecule is CCNC(=NCCCC(=O)N1CCc2ccccc21)NC1CCN(c2ccccn2)CC1. The average molecular weight is 435 g/mol. The van der Waals surface area contributed by atoms with Gasteiger partial charge in [-0.3, -0.25) is 9.79 Å². The fraction of sp³-hybridized carbons (Fsp3) is 0.480. The monoisotopic (exact) mass is 434 g/mol. The van der Waals surface area contributed by atoms with Gasteiger partial charge in [0.1, 0.15) is 5.82 Å². The van der Waals surface area contributed by atoms with Crippen molar-refractivity contribution in [3.05, 3.63) is 54.2 Å². The fourth-order valence-corrected chi connectivity index (χ4v) is 4.46. The molecule has 0 atom stereocenters. The predicted molar refractivity (Wildman–Crippen MR) is 130 cm³/mol. The number of para-hydroxylation sites is 1. The van der Waals surface area contributed by atoms with E-state index in [2.05, 4.69) is 39.6 Å². The lowest BCUT2D eigenvalue weighted by Gasteiger charge is -2.33. The van der Waals surface area contributed by atoms with Crippen molar-refractivity contribution in [2.24, 2.45) is 4.99 Å². The first-order chi connectivity index (χ1) is 15.7. The number of piperidine rings is 1. The minimum Gasteiger partial charge on any atom is -0.357 e. The number of nitrogens with one attached hydrogen (secondary N) is 2. The molecule has 0 saturated carbocycles. The van der Waals surface area contributed by atoms with Crippen LogP contribution in [-0.2, 0) is 11.2 Å². The van der Waals surface area contributed by atoms with Crippen LogP contribution < -0.4 is 20.4 Å². The van der Waals surface area contributed by atoms with Gasteiger partial charge in [0.15, 0.2) is 5.96 Å². The second-order valence-corrected chi connectivity index (χ2v) is 8.38. The lowest BCUT2D eigenvalue weighted by Crippen LogP contribution is -2.49. The zero-order valence-corrected chi connectivity index (χ0v) is 19.0. The number of nitrogens with zero attached hydrogens (tertiary/aromatic N) is 4. The molecule has 1 aromatic carbocycles. The van der Waals surface area contributed by atoms with Crippen LogP contribution in [0.3, 0.4) is 0 Å². The lowest BCUT2D eigenvalue weighted by atomic mass is 10.1. The average Bonchev–Trinajstić information content (AvgIpc) is 3.27. The molecular weight excluding hydrogens is 400 g/mol. The zero-order valence-electron chi connectivity index (χ0n) is 19.0. The Kier molecular flexibility index (Phi) is 7.59. The number of carbonyl (C=O) groups is 1. The molecule has 170 valence electrons. The Morgan fingerprint density at radius 2 is 1.94 bits per heavy atom. The van der Waals surface area contributed by atoms with E-state index in [-0.39, 0.29) is 5.91 Å². The Morgan fingerprint density at radius 1 is 1.12 bits per heavy atom. The van der Waals surface area contributed by atoms with Gasteiger partial charge < -0.3 is 20.4 Å². The number of amides is 1. The summed E-state index contributed by atoms with van der Waals surface area (Å²) in [5.74, 6) is 2.10. The number of aromatic nitrogens is 1. The molecule has 2 aliphatic heterocycles. The van der Waals surface area contributed by atoms with Gasteiger partial charge >= 0.3 is 0 Å². The first kappa shape index (κ1) is 22.1. The van der Waals surface area contributed by atoms with Crippen LogP contribution in [0, 0.1) is 0 Å². The molecule has 1 fully saturated rings. The normalized spacial score (nSPS) is 16.7. The van der Waals surface area contributed by atoms with Gasteiger partial charge in [-0.2, -0.15) is 0 Å². The van der Waals surface area contributed by atoms with Gasteiger partial charge in [-0.25, -0.2) is 4.98 Å². The number of aliphatic imine (C=N–C) groups is 1. The maximum atomic E-state index is 12.7. The van der Waals surface area contributed by atoms with Crippen molar-refractivity contribution in [3.8, 4) is 0 Å². The Labute approximate surface area is 190 Å². The highest BCUT2D eigenvalue weighted by molar-refractivity contribution is 5.95. The third-order valence-corrected chi connectivity index (χ3v) is 6.16. The molecule has 2 N–H and O–H groups in total. The van der Waals surface area contributed by atoms with Crippen molar-refractivity contribution in [2.45, 2.75) is 45.1 Å². The van der Waals surface area contributed by atoms with E-state index >= 15 is 0 Å². The van der Waals surface area contributed by atoms with E-state index in [9.17, 15) is 4.79 Å². The van der Waals surface area contributed by atoms with E-state index in [0.29, 0.717) is 19.0 Å². The maximum Gasteiger partial charge on any atom is 0.227 e. The molecule has 3 heterocycles. The van der Waals surface area contributed by atoms with E-state index in [1.165, 1.54) is 5.56 Å². The summed E-state index contributed by atoms with van der Waals surface area (Å²) in [6.07, 6.45) is 6.18. The molecule has 7 nitrogen and oxygen atoms in total. The summed E-state index contributed by atoms with van der Waals surface area (Å²) in [5, 5.41) is 6.93. The first-order valence-electron chi connectivity index (χ1n) is 11.8. The van der Waals surface area contributed by atoms with Crippen LogP contribution in [0.25, 0.3) is 0 Å². The van der Waals surface area contributed by atoms with Gasteiger partial charge in [-0.05, 0) is 56.4 Å². The highest BCUT2D eigenvalue weighted by Crippen LogP contribution is 2.28. The molecule has 0 radical (unpaired) electrons. The van der Waals surface area contributed by atoms with E-state index < -0.39 is 0 Å². The summed E-state index contributed by atoms with van der Waals surface area (Å²) < 4.78 is 0. The van der Waals surface area contributed by atoms with Crippen molar-refractivity contribution in [3.63, 3.8) is 0 Å². The molecule has 7 heteroatoms. The van der Waals surface area contributed by atoms with Gasteiger partial charge in [-0.15, -0.1) is 0 Å². The third-order valence-electron chi connectivity index (χ3n) is 6.16. The molecule has 1 saturated heterocycles. The van der Waals surface area contributed by atoms with Gasteiger partial charge in [-0.1, -0.05) is 24.3 Å². The van der Waals surface area contributed by atoms with Gasteiger partial charge in [0.05, 0.1) is 0 Å². The standard InChI is InChI=1S/C25H34N6O/c1-2-26-25(29-21-13-17-30(18-14-21)23-10-5-6-15-27-23)28-16-7-11-24(32)31-19-12-20-8-3-4-9-22(20)31/h3-6,8-10,15,21H,2,7,11-14,16-19H2,1H3,(H2,26,28,29). The molecule has 0 aliphatic carbocycles. The largest absolute Gasteiger partial charge is 0.357 e. The van der Waals surface area contributed by atoms with Gasteiger partial charge in [0.2, 0.25) is 5.91 Å². The quantitative estimate of drug-likeness (QED) is 0.398. The molecular formula is C25H34N6O. The molecule has 1 aromatic heterocycles. The minimum atomic E-state index is 0.199. The van der Waals surface area contributed by atoms with E-state index in [1.54, 1.807) is 0 Å². The zero-order chi connectivity index (χ0) is 22.2. The van der Waals surface area contributed by atoms with Gasteiger partial charge in [0, 0.05) is 57.1 Å². The summed E-state index contributed by atoms with van der Waals surface area (Å²) >= 11 is 0.